The molecule has 2 aliphatic heterocycles. The van der Waals surface area contributed by atoms with E-state index in [0.717, 1.165) is 43.0 Å². The van der Waals surface area contributed by atoms with E-state index in [4.69, 9.17) is 9.47 Å². The first kappa shape index (κ1) is 18.9. The van der Waals surface area contributed by atoms with Crippen LogP contribution in [0.3, 0.4) is 0 Å². The second-order valence-electron chi connectivity index (χ2n) is 10.1. The maximum Gasteiger partial charge on any atom is 0.196 e. The first-order valence-electron chi connectivity index (χ1n) is 11.8. The molecule has 2 aromatic carbocycles. The van der Waals surface area contributed by atoms with Crippen LogP contribution in [0, 0.1) is 5.92 Å². The molecule has 32 heavy (non-hydrogen) atoms. The van der Waals surface area contributed by atoms with Crippen molar-refractivity contribution in [2.45, 2.75) is 55.5 Å². The Morgan fingerprint density at radius 2 is 2.00 bits per heavy atom. The molecular formula is C27H27NO4. The Labute approximate surface area is 187 Å². The van der Waals surface area contributed by atoms with Gasteiger partial charge in [0.25, 0.3) is 0 Å². The fraction of sp³-hybridized carbons (Fsp3) is 0.444. The highest BCUT2D eigenvalue weighted by molar-refractivity contribution is 5.99. The number of rotatable bonds is 5. The minimum absolute atomic E-state index is 0.0261. The fourth-order valence-corrected chi connectivity index (χ4v) is 6.70. The molecule has 0 radical (unpaired) electrons. The molecule has 1 saturated carbocycles. The van der Waals surface area contributed by atoms with E-state index in [-0.39, 0.29) is 11.8 Å². The Balaban J connectivity index is 1.33. The third-order valence-electron chi connectivity index (χ3n) is 8.39. The predicted molar refractivity (Wildman–Crippen MR) is 119 cm³/mol. The fourth-order valence-electron chi connectivity index (χ4n) is 6.70. The summed E-state index contributed by atoms with van der Waals surface area (Å²) in [5.41, 5.74) is 1.45. The Kier molecular flexibility index (Phi) is 3.81. The van der Waals surface area contributed by atoms with Gasteiger partial charge in [-0.15, -0.1) is 0 Å². The van der Waals surface area contributed by atoms with Crippen molar-refractivity contribution in [2.75, 3.05) is 13.1 Å². The molecule has 1 spiro atoms. The van der Waals surface area contributed by atoms with Crippen molar-refractivity contribution in [1.29, 1.82) is 0 Å². The molecule has 3 aliphatic carbocycles. The van der Waals surface area contributed by atoms with E-state index in [9.17, 15) is 9.90 Å². The third kappa shape index (κ3) is 2.38. The molecule has 2 aromatic rings. The number of nitrogens with zero attached hydrogens (tertiary/aromatic N) is 1. The lowest BCUT2D eigenvalue weighted by Gasteiger charge is -2.60. The van der Waals surface area contributed by atoms with Crippen LogP contribution in [0.4, 0.5) is 0 Å². The Morgan fingerprint density at radius 1 is 1.16 bits per heavy atom. The highest BCUT2D eigenvalue weighted by Gasteiger charge is 2.72. The highest BCUT2D eigenvalue weighted by Crippen LogP contribution is 2.63. The lowest BCUT2D eigenvalue weighted by Crippen LogP contribution is -2.75. The monoisotopic (exact) mass is 429 g/mol. The third-order valence-corrected chi connectivity index (χ3v) is 8.39. The van der Waals surface area contributed by atoms with Gasteiger partial charge >= 0.3 is 0 Å². The van der Waals surface area contributed by atoms with E-state index in [0.29, 0.717) is 18.1 Å². The van der Waals surface area contributed by atoms with E-state index in [2.05, 4.69) is 11.0 Å². The summed E-state index contributed by atoms with van der Waals surface area (Å²) < 4.78 is 12.6. The van der Waals surface area contributed by atoms with Gasteiger partial charge in [-0.2, -0.15) is 0 Å². The van der Waals surface area contributed by atoms with E-state index < -0.39 is 17.1 Å². The second kappa shape index (κ2) is 6.46. The van der Waals surface area contributed by atoms with Crippen LogP contribution in [-0.4, -0.2) is 46.6 Å². The number of likely N-dealkylation sites (tertiary alicyclic amines) is 1. The smallest absolute Gasteiger partial charge is 0.196 e. The molecule has 5 aliphatic rings. The highest BCUT2D eigenvalue weighted by atomic mass is 16.5. The van der Waals surface area contributed by atoms with Gasteiger partial charge in [-0.05, 0) is 67.5 Å². The number of hydrogen-bond acceptors (Lipinski definition) is 5. The van der Waals surface area contributed by atoms with Crippen LogP contribution >= 0.6 is 0 Å². The Morgan fingerprint density at radius 3 is 2.81 bits per heavy atom. The molecule has 5 nitrogen and oxygen atoms in total. The van der Waals surface area contributed by atoms with Gasteiger partial charge in [-0.1, -0.05) is 36.4 Å². The summed E-state index contributed by atoms with van der Waals surface area (Å²) in [5.74, 6) is 2.02. The van der Waals surface area contributed by atoms with Gasteiger partial charge in [0.05, 0.1) is 5.41 Å². The van der Waals surface area contributed by atoms with Crippen molar-refractivity contribution in [3.63, 3.8) is 0 Å². The summed E-state index contributed by atoms with van der Waals surface area (Å²) in [4.78, 5) is 15.5. The number of benzene rings is 2. The number of hydrogen-bond donors (Lipinski definition) is 1. The molecule has 5 heteroatoms. The number of carbonyl (C=O) groups excluding carboxylic acids is 1. The van der Waals surface area contributed by atoms with Crippen LogP contribution in [0.1, 0.15) is 36.0 Å². The van der Waals surface area contributed by atoms with Crippen molar-refractivity contribution < 1.29 is 19.4 Å². The Bertz CT molecular complexity index is 1140. The predicted octanol–water partition coefficient (Wildman–Crippen LogP) is 3.17. The van der Waals surface area contributed by atoms with Crippen LogP contribution in [0.25, 0.3) is 0 Å². The zero-order chi connectivity index (χ0) is 21.5. The van der Waals surface area contributed by atoms with Crippen molar-refractivity contribution in [3.8, 4) is 11.5 Å². The van der Waals surface area contributed by atoms with E-state index in [1.807, 2.05) is 36.4 Å². The van der Waals surface area contributed by atoms with Crippen molar-refractivity contribution in [3.05, 3.63) is 71.3 Å². The molecule has 7 rings (SSSR count). The molecule has 4 atom stereocenters. The zero-order valence-electron chi connectivity index (χ0n) is 18.0. The summed E-state index contributed by atoms with van der Waals surface area (Å²) >= 11 is 0. The van der Waals surface area contributed by atoms with E-state index in [1.54, 1.807) is 12.2 Å². The zero-order valence-corrected chi connectivity index (χ0v) is 18.0. The lowest BCUT2D eigenvalue weighted by atomic mass is 9.51. The summed E-state index contributed by atoms with van der Waals surface area (Å²) in [6.45, 7) is 2.36. The quantitative estimate of drug-likeness (QED) is 0.791. The van der Waals surface area contributed by atoms with Gasteiger partial charge in [0.2, 0.25) is 0 Å². The average molecular weight is 430 g/mol. The minimum Gasteiger partial charge on any atom is -0.485 e. The van der Waals surface area contributed by atoms with Gasteiger partial charge in [-0.25, -0.2) is 0 Å². The molecule has 2 heterocycles. The SMILES string of the molecule is O=C1C=C[C@@]2(O)[C@H]3Cc4ccc(OCc5ccccc5)c5c4[C@@]2(CCN3CC2CC2)[C@H]1O5. The van der Waals surface area contributed by atoms with Crippen LogP contribution < -0.4 is 9.47 Å². The molecule has 1 N–H and O–H groups in total. The molecule has 164 valence electrons. The van der Waals surface area contributed by atoms with Gasteiger partial charge in [0.1, 0.15) is 12.2 Å². The molecule has 0 unspecified atom stereocenters. The second-order valence-corrected chi connectivity index (χ2v) is 10.1. The molecule has 1 saturated heterocycles. The molecule has 0 aromatic heterocycles. The maximum atomic E-state index is 13.0. The molecule has 2 bridgehead atoms. The van der Waals surface area contributed by atoms with Crippen LogP contribution in [0.15, 0.2) is 54.6 Å². The summed E-state index contributed by atoms with van der Waals surface area (Å²) in [7, 11) is 0. The van der Waals surface area contributed by atoms with Gasteiger partial charge < -0.3 is 14.6 Å². The number of ether oxygens (including phenoxy) is 2. The topological polar surface area (TPSA) is 59.0 Å². The van der Waals surface area contributed by atoms with Crippen LogP contribution in [0.5, 0.6) is 11.5 Å². The van der Waals surface area contributed by atoms with Crippen LogP contribution in [-0.2, 0) is 23.2 Å². The standard InChI is InChI=1S/C27H27NO4/c29-20-10-11-27(30)22-14-19-8-9-21(31-16-18-4-2-1-3-5-18)24-23(19)26(27,25(20)32-24)12-13-28(22)15-17-6-7-17/h1-5,8-11,17,22,25,30H,6-7,12-16H2/t22-,25+,26+,27-/m1/s1. The molecule has 2 fully saturated rings. The van der Waals surface area contributed by atoms with Crippen molar-refractivity contribution >= 4 is 5.78 Å². The van der Waals surface area contributed by atoms with Gasteiger partial charge in [0, 0.05) is 18.2 Å². The first-order valence-corrected chi connectivity index (χ1v) is 11.8. The summed E-state index contributed by atoms with van der Waals surface area (Å²) in [6.07, 6.45) is 6.72. The normalized spacial score (nSPS) is 34.2. The van der Waals surface area contributed by atoms with Crippen molar-refractivity contribution in [1.82, 2.24) is 4.90 Å². The maximum absolute atomic E-state index is 13.0. The lowest BCUT2D eigenvalue weighted by molar-refractivity contribution is -0.155. The molecular weight excluding hydrogens is 402 g/mol. The van der Waals surface area contributed by atoms with Crippen molar-refractivity contribution in [2.24, 2.45) is 5.92 Å². The number of piperidine rings is 1. The number of aliphatic hydroxyl groups is 1. The number of carbonyl (C=O) groups is 1. The summed E-state index contributed by atoms with van der Waals surface area (Å²) in [6, 6.07) is 14.1. The average Bonchev–Trinajstić information content (AvgIpc) is 3.55. The largest absolute Gasteiger partial charge is 0.485 e. The van der Waals surface area contributed by atoms with E-state index in [1.165, 1.54) is 18.4 Å². The number of ketones is 1. The Hall–Kier alpha value is -2.63. The minimum atomic E-state index is -1.10. The van der Waals surface area contributed by atoms with Gasteiger partial charge in [0.15, 0.2) is 23.4 Å². The summed E-state index contributed by atoms with van der Waals surface area (Å²) in [5, 5.41) is 12.2. The molecule has 0 amide bonds. The van der Waals surface area contributed by atoms with E-state index >= 15 is 0 Å². The first-order chi connectivity index (χ1) is 15.6. The van der Waals surface area contributed by atoms with Gasteiger partial charge in [-0.3, -0.25) is 9.69 Å². The van der Waals surface area contributed by atoms with Crippen LogP contribution in [0.2, 0.25) is 0 Å².